The lowest BCUT2D eigenvalue weighted by Crippen LogP contribution is -2.22. The number of hydrogen-bond donors (Lipinski definition) is 1. The van der Waals surface area contributed by atoms with E-state index in [1.165, 1.54) is 11.3 Å². The summed E-state index contributed by atoms with van der Waals surface area (Å²) in [6, 6.07) is 5.28. The van der Waals surface area contributed by atoms with Crippen LogP contribution in [0.4, 0.5) is 5.95 Å². The maximum absolute atomic E-state index is 11.9. The SMILES string of the molecule is CCC(Br)C(=O)Nc1nc2scc(-c3ccc(Cl)cc3Cl)n2n1. The van der Waals surface area contributed by atoms with Crippen molar-refractivity contribution >= 4 is 67.3 Å². The van der Waals surface area contributed by atoms with Crippen LogP contribution in [0.15, 0.2) is 23.6 Å². The van der Waals surface area contributed by atoms with E-state index in [-0.39, 0.29) is 16.7 Å². The van der Waals surface area contributed by atoms with Crippen LogP contribution in [-0.2, 0) is 4.79 Å². The first kappa shape index (κ1) is 16.7. The predicted octanol–water partition coefficient (Wildman–Crippen LogP) is 4.88. The van der Waals surface area contributed by atoms with Gasteiger partial charge < -0.3 is 0 Å². The number of carbonyl (C=O) groups is 1. The summed E-state index contributed by atoms with van der Waals surface area (Å²) in [4.78, 5) is 16.6. The van der Waals surface area contributed by atoms with E-state index in [1.54, 1.807) is 16.6 Å². The average molecular weight is 434 g/mol. The van der Waals surface area contributed by atoms with Gasteiger partial charge in [-0.05, 0) is 24.6 Å². The predicted molar refractivity (Wildman–Crippen MR) is 98.0 cm³/mol. The number of nitrogens with one attached hydrogen (secondary N) is 1. The van der Waals surface area contributed by atoms with Gasteiger partial charge >= 0.3 is 0 Å². The maximum atomic E-state index is 11.9. The molecule has 0 fully saturated rings. The zero-order valence-corrected chi connectivity index (χ0v) is 15.8. The molecule has 1 unspecified atom stereocenters. The Balaban J connectivity index is 1.96. The van der Waals surface area contributed by atoms with Crippen molar-refractivity contribution in [2.24, 2.45) is 0 Å². The Morgan fingerprint density at radius 3 is 2.96 bits per heavy atom. The van der Waals surface area contributed by atoms with Gasteiger partial charge in [-0.2, -0.15) is 4.98 Å². The van der Waals surface area contributed by atoms with E-state index in [1.807, 2.05) is 18.4 Å². The third kappa shape index (κ3) is 3.38. The Bertz CT molecular complexity index is 879. The molecular weight excluding hydrogens is 423 g/mol. The van der Waals surface area contributed by atoms with E-state index in [9.17, 15) is 4.79 Å². The molecule has 1 atom stereocenters. The van der Waals surface area contributed by atoms with Crippen molar-refractivity contribution < 1.29 is 4.79 Å². The van der Waals surface area contributed by atoms with Gasteiger partial charge in [-0.3, -0.25) is 10.1 Å². The number of rotatable bonds is 4. The molecule has 1 aromatic carbocycles. The Morgan fingerprint density at radius 1 is 1.48 bits per heavy atom. The quantitative estimate of drug-likeness (QED) is 0.596. The summed E-state index contributed by atoms with van der Waals surface area (Å²) in [5.41, 5.74) is 1.60. The molecular formula is C14H11BrCl2N4OS. The Morgan fingerprint density at radius 2 is 2.26 bits per heavy atom. The minimum atomic E-state index is -0.269. The van der Waals surface area contributed by atoms with Crippen LogP contribution in [0.3, 0.4) is 0 Å². The van der Waals surface area contributed by atoms with Crippen LogP contribution in [0.5, 0.6) is 0 Å². The van der Waals surface area contributed by atoms with Crippen LogP contribution >= 0.6 is 50.5 Å². The van der Waals surface area contributed by atoms with Crippen LogP contribution in [-0.4, -0.2) is 25.3 Å². The fourth-order valence-electron chi connectivity index (χ4n) is 1.99. The number of alkyl halides is 1. The molecule has 0 radical (unpaired) electrons. The topological polar surface area (TPSA) is 59.3 Å². The van der Waals surface area contributed by atoms with Crippen molar-refractivity contribution in [3.05, 3.63) is 33.6 Å². The number of amides is 1. The van der Waals surface area contributed by atoms with E-state index < -0.39 is 0 Å². The lowest BCUT2D eigenvalue weighted by Gasteiger charge is -2.05. The molecule has 0 bridgehead atoms. The van der Waals surface area contributed by atoms with Gasteiger partial charge in [-0.1, -0.05) is 46.1 Å². The minimum absolute atomic E-state index is 0.170. The summed E-state index contributed by atoms with van der Waals surface area (Å²) >= 11 is 16.9. The Hall–Kier alpha value is -1.15. The lowest BCUT2D eigenvalue weighted by atomic mass is 10.2. The van der Waals surface area contributed by atoms with Crippen molar-refractivity contribution in [2.45, 2.75) is 18.2 Å². The summed E-state index contributed by atoms with van der Waals surface area (Å²) in [7, 11) is 0. The van der Waals surface area contributed by atoms with Crippen LogP contribution in [0, 0.1) is 0 Å². The van der Waals surface area contributed by atoms with Crippen molar-refractivity contribution in [1.82, 2.24) is 14.6 Å². The highest BCUT2D eigenvalue weighted by Crippen LogP contribution is 2.33. The van der Waals surface area contributed by atoms with E-state index in [4.69, 9.17) is 23.2 Å². The molecule has 120 valence electrons. The van der Waals surface area contributed by atoms with Crippen molar-refractivity contribution in [2.75, 3.05) is 5.32 Å². The molecule has 3 aromatic rings. The number of thiazole rings is 1. The third-order valence-electron chi connectivity index (χ3n) is 3.17. The standard InChI is InChI=1S/C14H11BrCl2N4OS/c1-2-9(15)12(22)18-13-19-14-21(20-13)11(6-23-14)8-4-3-7(16)5-10(8)17/h3-6,9H,2H2,1H3,(H,18,20,22). The van der Waals surface area contributed by atoms with Gasteiger partial charge in [-0.25, -0.2) is 4.52 Å². The molecule has 5 nitrogen and oxygen atoms in total. The second-order valence-corrected chi connectivity index (χ2v) is 7.53. The first-order chi connectivity index (χ1) is 11.0. The maximum Gasteiger partial charge on any atom is 0.250 e. The smallest absolute Gasteiger partial charge is 0.250 e. The number of anilines is 1. The average Bonchev–Trinajstić information content (AvgIpc) is 3.07. The highest BCUT2D eigenvalue weighted by molar-refractivity contribution is 9.10. The monoisotopic (exact) mass is 432 g/mol. The molecule has 2 aromatic heterocycles. The molecule has 0 spiro atoms. The Labute approximate surface area is 154 Å². The molecule has 0 saturated carbocycles. The molecule has 23 heavy (non-hydrogen) atoms. The second-order valence-electron chi connectivity index (χ2n) is 4.74. The summed E-state index contributed by atoms with van der Waals surface area (Å²) in [6.45, 7) is 1.92. The number of halogens is 3. The summed E-state index contributed by atoms with van der Waals surface area (Å²) < 4.78 is 1.66. The van der Waals surface area contributed by atoms with Gasteiger partial charge in [0.2, 0.25) is 16.8 Å². The molecule has 0 aliphatic rings. The molecule has 1 amide bonds. The van der Waals surface area contributed by atoms with Gasteiger partial charge in [0.05, 0.1) is 15.5 Å². The number of aromatic nitrogens is 3. The van der Waals surface area contributed by atoms with Gasteiger partial charge in [-0.15, -0.1) is 16.4 Å². The molecule has 1 N–H and O–H groups in total. The number of carbonyl (C=O) groups excluding carboxylic acids is 1. The fraction of sp³-hybridized carbons (Fsp3) is 0.214. The molecule has 3 rings (SSSR count). The largest absolute Gasteiger partial charge is 0.292 e. The normalized spacial score (nSPS) is 12.5. The van der Waals surface area contributed by atoms with Gasteiger partial charge in [0.25, 0.3) is 0 Å². The summed E-state index contributed by atoms with van der Waals surface area (Å²) in [6.07, 6.45) is 0.680. The highest BCUT2D eigenvalue weighted by Gasteiger charge is 2.18. The van der Waals surface area contributed by atoms with Crippen molar-refractivity contribution in [3.63, 3.8) is 0 Å². The van der Waals surface area contributed by atoms with Gasteiger partial charge in [0, 0.05) is 16.0 Å². The number of fused-ring (bicyclic) bond motifs is 1. The Kier molecular flexibility index (Phi) is 4.91. The summed E-state index contributed by atoms with van der Waals surface area (Å²) in [5.74, 6) is 0.0999. The molecule has 0 aliphatic carbocycles. The van der Waals surface area contributed by atoms with Crippen LogP contribution in [0.1, 0.15) is 13.3 Å². The first-order valence-electron chi connectivity index (χ1n) is 6.74. The first-order valence-corrected chi connectivity index (χ1v) is 9.29. The molecule has 0 aliphatic heterocycles. The third-order valence-corrected chi connectivity index (χ3v) is 5.59. The molecule has 2 heterocycles. The van der Waals surface area contributed by atoms with Crippen molar-refractivity contribution in [1.29, 1.82) is 0 Å². The van der Waals surface area contributed by atoms with Crippen molar-refractivity contribution in [3.8, 4) is 11.3 Å². The number of nitrogens with zero attached hydrogens (tertiary/aromatic N) is 3. The van der Waals surface area contributed by atoms with E-state index in [0.29, 0.717) is 21.4 Å². The van der Waals surface area contributed by atoms with E-state index in [0.717, 1.165) is 11.3 Å². The molecule has 9 heteroatoms. The zero-order chi connectivity index (χ0) is 16.6. The van der Waals surface area contributed by atoms with Crippen LogP contribution < -0.4 is 5.32 Å². The van der Waals surface area contributed by atoms with E-state index >= 15 is 0 Å². The lowest BCUT2D eigenvalue weighted by molar-refractivity contribution is -0.115. The number of benzene rings is 1. The molecule has 0 saturated heterocycles. The minimum Gasteiger partial charge on any atom is -0.292 e. The van der Waals surface area contributed by atoms with Gasteiger partial charge in [0.1, 0.15) is 0 Å². The second kappa shape index (κ2) is 6.76. The van der Waals surface area contributed by atoms with Crippen LogP contribution in [0.2, 0.25) is 10.0 Å². The number of hydrogen-bond acceptors (Lipinski definition) is 4. The van der Waals surface area contributed by atoms with E-state index in [2.05, 4.69) is 31.3 Å². The van der Waals surface area contributed by atoms with Crippen LogP contribution in [0.25, 0.3) is 16.2 Å². The highest BCUT2D eigenvalue weighted by atomic mass is 79.9. The van der Waals surface area contributed by atoms with Gasteiger partial charge in [0.15, 0.2) is 0 Å². The zero-order valence-electron chi connectivity index (χ0n) is 11.9. The summed E-state index contributed by atoms with van der Waals surface area (Å²) in [5, 5.41) is 10.0. The fourth-order valence-corrected chi connectivity index (χ4v) is 3.43.